The summed E-state index contributed by atoms with van der Waals surface area (Å²) < 4.78 is 0. The van der Waals surface area contributed by atoms with E-state index in [1.54, 1.807) is 0 Å². The Morgan fingerprint density at radius 3 is 1.89 bits per heavy atom. The third-order valence-corrected chi connectivity index (χ3v) is 2.44. The van der Waals surface area contributed by atoms with Gasteiger partial charge in [-0.3, -0.25) is 0 Å². The van der Waals surface area contributed by atoms with Crippen LogP contribution in [0, 0.1) is 0 Å². The quantitative estimate of drug-likeness (QED) is 0.524. The van der Waals surface area contributed by atoms with Crippen LogP contribution in [-0.2, 0) is 0 Å². The van der Waals surface area contributed by atoms with Crippen LogP contribution in [0.2, 0.25) is 0 Å². The maximum atomic E-state index is 3.59. The summed E-state index contributed by atoms with van der Waals surface area (Å²) >= 11 is 0. The number of fused-ring (bicyclic) bond motifs is 2. The maximum absolute atomic E-state index is 3.59. The van der Waals surface area contributed by atoms with Crippen molar-refractivity contribution in [2.75, 3.05) is 0 Å². The predicted octanol–water partition coefficient (Wildman–Crippen LogP) is 1.93. The second-order valence-electron chi connectivity index (χ2n) is 3.07. The first-order valence-corrected chi connectivity index (χ1v) is 3.71. The largest absolute Gasteiger partial charge is 0.311 e. The molecule has 9 heavy (non-hydrogen) atoms. The SMILES string of the molecule is C.C1CC2CCC(C1)N2. The van der Waals surface area contributed by atoms with E-state index >= 15 is 0 Å². The first-order chi connectivity index (χ1) is 3.95. The van der Waals surface area contributed by atoms with Crippen molar-refractivity contribution in [3.05, 3.63) is 0 Å². The molecule has 1 nitrogen and oxygen atoms in total. The smallest absolute Gasteiger partial charge is 0.00702 e. The van der Waals surface area contributed by atoms with E-state index in [2.05, 4.69) is 5.32 Å². The van der Waals surface area contributed by atoms with Gasteiger partial charge in [0.1, 0.15) is 0 Å². The van der Waals surface area contributed by atoms with E-state index in [4.69, 9.17) is 0 Å². The van der Waals surface area contributed by atoms with E-state index in [1.165, 1.54) is 32.1 Å². The lowest BCUT2D eigenvalue weighted by atomic mass is 10.1. The highest BCUT2D eigenvalue weighted by Crippen LogP contribution is 2.25. The number of nitrogens with one attached hydrogen (secondary N) is 1. The Balaban J connectivity index is 0.000000405. The average Bonchev–Trinajstić information content (AvgIpc) is 2.12. The number of piperidine rings is 1. The van der Waals surface area contributed by atoms with E-state index in [-0.39, 0.29) is 7.43 Å². The normalized spacial score (nSPS) is 40.0. The monoisotopic (exact) mass is 127 g/mol. The van der Waals surface area contributed by atoms with Crippen LogP contribution in [0.25, 0.3) is 0 Å². The van der Waals surface area contributed by atoms with Gasteiger partial charge in [-0.05, 0) is 25.7 Å². The zero-order chi connectivity index (χ0) is 5.40. The molecule has 2 aliphatic rings. The first-order valence-electron chi connectivity index (χ1n) is 3.71. The zero-order valence-electron chi connectivity index (χ0n) is 5.19. The number of rotatable bonds is 0. The van der Waals surface area contributed by atoms with Gasteiger partial charge in [-0.1, -0.05) is 13.8 Å². The van der Waals surface area contributed by atoms with Crippen LogP contribution in [0.1, 0.15) is 39.5 Å². The van der Waals surface area contributed by atoms with Crippen LogP contribution in [0.4, 0.5) is 0 Å². The molecule has 2 atom stereocenters. The second kappa shape index (κ2) is 2.70. The fraction of sp³-hybridized carbons (Fsp3) is 1.00. The first kappa shape index (κ1) is 7.07. The van der Waals surface area contributed by atoms with Gasteiger partial charge in [0.25, 0.3) is 0 Å². The molecule has 2 unspecified atom stereocenters. The van der Waals surface area contributed by atoms with E-state index in [1.807, 2.05) is 0 Å². The molecule has 2 fully saturated rings. The number of hydrogen-bond donors (Lipinski definition) is 1. The molecule has 54 valence electrons. The van der Waals surface area contributed by atoms with Gasteiger partial charge in [0, 0.05) is 12.1 Å². The Labute approximate surface area is 57.8 Å². The average molecular weight is 127 g/mol. The fourth-order valence-electron chi connectivity index (χ4n) is 1.97. The third kappa shape index (κ3) is 1.26. The Hall–Kier alpha value is -0.0400. The summed E-state index contributed by atoms with van der Waals surface area (Å²) in [7, 11) is 0. The molecule has 0 aromatic rings. The van der Waals surface area contributed by atoms with Crippen LogP contribution < -0.4 is 5.32 Å². The Morgan fingerprint density at radius 2 is 1.44 bits per heavy atom. The highest BCUT2D eigenvalue weighted by molar-refractivity contribution is 4.87. The summed E-state index contributed by atoms with van der Waals surface area (Å²) in [5.74, 6) is 0. The van der Waals surface area contributed by atoms with E-state index in [9.17, 15) is 0 Å². The van der Waals surface area contributed by atoms with Crippen molar-refractivity contribution in [3.8, 4) is 0 Å². The molecular weight excluding hydrogens is 110 g/mol. The number of hydrogen-bond acceptors (Lipinski definition) is 1. The van der Waals surface area contributed by atoms with Crippen molar-refractivity contribution in [2.24, 2.45) is 0 Å². The van der Waals surface area contributed by atoms with Crippen molar-refractivity contribution in [3.63, 3.8) is 0 Å². The summed E-state index contributed by atoms with van der Waals surface area (Å²) in [5, 5.41) is 3.59. The van der Waals surface area contributed by atoms with Crippen molar-refractivity contribution >= 4 is 0 Å². The van der Waals surface area contributed by atoms with Crippen molar-refractivity contribution < 1.29 is 0 Å². The fourth-order valence-corrected chi connectivity index (χ4v) is 1.97. The molecule has 0 saturated carbocycles. The van der Waals surface area contributed by atoms with Gasteiger partial charge in [0.15, 0.2) is 0 Å². The van der Waals surface area contributed by atoms with Gasteiger partial charge in [-0.25, -0.2) is 0 Å². The molecule has 2 rings (SSSR count). The van der Waals surface area contributed by atoms with E-state index < -0.39 is 0 Å². The summed E-state index contributed by atoms with van der Waals surface area (Å²) in [4.78, 5) is 0. The molecule has 1 N–H and O–H groups in total. The van der Waals surface area contributed by atoms with Crippen molar-refractivity contribution in [1.82, 2.24) is 5.32 Å². The molecule has 2 aliphatic heterocycles. The molecule has 0 aromatic heterocycles. The van der Waals surface area contributed by atoms with Crippen molar-refractivity contribution in [1.29, 1.82) is 0 Å². The van der Waals surface area contributed by atoms with E-state index in [0.717, 1.165) is 12.1 Å². The van der Waals surface area contributed by atoms with Gasteiger partial charge >= 0.3 is 0 Å². The Kier molecular flexibility index (Phi) is 2.12. The summed E-state index contributed by atoms with van der Waals surface area (Å²) in [6, 6.07) is 1.82. The molecular formula is C8H17N. The molecule has 1 heteroatoms. The molecule has 2 heterocycles. The highest BCUT2D eigenvalue weighted by Gasteiger charge is 2.26. The topological polar surface area (TPSA) is 12.0 Å². The van der Waals surface area contributed by atoms with Gasteiger partial charge in [-0.15, -0.1) is 0 Å². The van der Waals surface area contributed by atoms with Crippen LogP contribution in [0.3, 0.4) is 0 Å². The van der Waals surface area contributed by atoms with Gasteiger partial charge < -0.3 is 5.32 Å². The minimum Gasteiger partial charge on any atom is -0.311 e. The maximum Gasteiger partial charge on any atom is 0.00702 e. The Bertz CT molecular complexity index is 76.6. The van der Waals surface area contributed by atoms with Gasteiger partial charge in [-0.2, -0.15) is 0 Å². The van der Waals surface area contributed by atoms with E-state index in [0.29, 0.717) is 0 Å². The predicted molar refractivity (Wildman–Crippen MR) is 40.5 cm³/mol. The van der Waals surface area contributed by atoms with Crippen molar-refractivity contribution in [2.45, 2.75) is 51.6 Å². The van der Waals surface area contributed by atoms with Gasteiger partial charge in [0.05, 0.1) is 0 Å². The molecule has 0 aromatic carbocycles. The van der Waals surface area contributed by atoms with Crippen LogP contribution in [0.5, 0.6) is 0 Å². The lowest BCUT2D eigenvalue weighted by molar-refractivity contribution is 0.406. The Morgan fingerprint density at radius 1 is 0.889 bits per heavy atom. The molecule has 2 saturated heterocycles. The second-order valence-corrected chi connectivity index (χ2v) is 3.07. The third-order valence-electron chi connectivity index (χ3n) is 2.44. The van der Waals surface area contributed by atoms with Crippen LogP contribution in [-0.4, -0.2) is 12.1 Å². The molecule has 0 radical (unpaired) electrons. The lowest BCUT2D eigenvalue weighted by Gasteiger charge is -2.19. The van der Waals surface area contributed by atoms with Gasteiger partial charge in [0.2, 0.25) is 0 Å². The summed E-state index contributed by atoms with van der Waals surface area (Å²) in [5.41, 5.74) is 0. The molecule has 0 spiro atoms. The van der Waals surface area contributed by atoms with Crippen LogP contribution in [0.15, 0.2) is 0 Å². The minimum absolute atomic E-state index is 0. The molecule has 0 aliphatic carbocycles. The molecule has 0 amide bonds. The summed E-state index contributed by atoms with van der Waals surface area (Å²) in [6.45, 7) is 0. The standard InChI is InChI=1S/C7H13N.CH4/c1-2-6-4-5-7(3-1)8-6;/h6-8H,1-5H2;1H4. The molecule has 2 bridgehead atoms. The zero-order valence-corrected chi connectivity index (χ0v) is 5.19. The lowest BCUT2D eigenvalue weighted by Crippen LogP contribution is -2.33. The minimum atomic E-state index is 0. The highest BCUT2D eigenvalue weighted by atomic mass is 15.0. The van der Waals surface area contributed by atoms with Crippen LogP contribution >= 0.6 is 0 Å². The summed E-state index contributed by atoms with van der Waals surface area (Å²) in [6.07, 6.45) is 7.25.